The maximum atomic E-state index is 14.3. The highest BCUT2D eigenvalue weighted by atomic mass is 16.1. The molecule has 0 aliphatic heterocycles. The Balaban J connectivity index is 1.60. The van der Waals surface area contributed by atoms with Crippen molar-refractivity contribution < 1.29 is 4.79 Å². The van der Waals surface area contributed by atoms with Crippen molar-refractivity contribution in [3.05, 3.63) is 119 Å². The summed E-state index contributed by atoms with van der Waals surface area (Å²) in [5.74, 6) is 0.0484. The largest absolute Gasteiger partial charge is 0.351 e. The maximum Gasteiger partial charge on any atom is 0.210 e. The molecular weight excluding hydrogens is 438 g/mol. The van der Waals surface area contributed by atoms with E-state index in [1.165, 1.54) is 22.3 Å². The van der Waals surface area contributed by atoms with Crippen LogP contribution in [0.5, 0.6) is 0 Å². The normalized spacial score (nSPS) is 13.2. The van der Waals surface area contributed by atoms with Crippen LogP contribution in [-0.4, -0.2) is 10.8 Å². The van der Waals surface area contributed by atoms with Crippen LogP contribution in [0.1, 0.15) is 59.9 Å². The Labute approximate surface area is 213 Å². The summed E-state index contributed by atoms with van der Waals surface area (Å²) in [6, 6.07) is 31.6. The van der Waals surface area contributed by atoms with E-state index < -0.39 is 0 Å². The molecule has 1 aliphatic carbocycles. The molecule has 5 aromatic rings. The van der Waals surface area contributed by atoms with Crippen LogP contribution in [0.2, 0.25) is 0 Å². The lowest BCUT2D eigenvalue weighted by Gasteiger charge is -2.19. The number of aromatic nitrogens is 1. The summed E-state index contributed by atoms with van der Waals surface area (Å²) in [6.07, 6.45) is 3.06. The number of carbonyl (C=O) groups excluding carboxylic acids is 1. The number of H-pyrrole nitrogens is 1. The van der Waals surface area contributed by atoms with Crippen LogP contribution in [0, 0.1) is 0 Å². The smallest absolute Gasteiger partial charge is 0.210 e. The van der Waals surface area contributed by atoms with E-state index in [-0.39, 0.29) is 11.2 Å². The first kappa shape index (κ1) is 22.5. The second kappa shape index (κ2) is 8.64. The van der Waals surface area contributed by atoms with Crippen LogP contribution in [-0.2, 0) is 18.3 Å². The molecule has 0 bridgehead atoms. The molecule has 0 saturated heterocycles. The van der Waals surface area contributed by atoms with Gasteiger partial charge in [-0.3, -0.25) is 4.79 Å². The second-order valence-corrected chi connectivity index (χ2v) is 10.9. The quantitative estimate of drug-likeness (QED) is 0.264. The molecular formula is C34H31NO. The van der Waals surface area contributed by atoms with Gasteiger partial charge in [0.1, 0.15) is 0 Å². The Kier molecular flexibility index (Phi) is 5.41. The fourth-order valence-electron chi connectivity index (χ4n) is 5.64. The van der Waals surface area contributed by atoms with Gasteiger partial charge in [-0.15, -0.1) is 0 Å². The molecule has 1 aromatic heterocycles. The molecule has 0 fully saturated rings. The van der Waals surface area contributed by atoms with Crippen molar-refractivity contribution in [1.82, 2.24) is 4.98 Å². The average molecular weight is 470 g/mol. The molecule has 178 valence electrons. The summed E-state index contributed by atoms with van der Waals surface area (Å²) in [6.45, 7) is 6.70. The predicted molar refractivity (Wildman–Crippen MR) is 150 cm³/mol. The van der Waals surface area contributed by atoms with Crippen molar-refractivity contribution in [2.45, 2.75) is 45.4 Å². The van der Waals surface area contributed by atoms with Gasteiger partial charge in [-0.25, -0.2) is 0 Å². The molecule has 1 N–H and O–H groups in total. The van der Waals surface area contributed by atoms with Gasteiger partial charge in [0.2, 0.25) is 5.78 Å². The van der Waals surface area contributed by atoms with Crippen LogP contribution in [0.3, 0.4) is 0 Å². The van der Waals surface area contributed by atoms with Gasteiger partial charge < -0.3 is 4.98 Å². The maximum absolute atomic E-state index is 14.3. The van der Waals surface area contributed by atoms with Crippen LogP contribution in [0.15, 0.2) is 91.0 Å². The SMILES string of the molecule is CC(C)(C)c1ccc(-c2c(C(=O)c3cccc4ccccc34)[nH]c3c2CCCc2ccccc2-3)cc1. The zero-order valence-electron chi connectivity index (χ0n) is 21.2. The summed E-state index contributed by atoms with van der Waals surface area (Å²) < 4.78 is 0. The number of nitrogens with one attached hydrogen (secondary N) is 1. The predicted octanol–water partition coefficient (Wildman–Crippen LogP) is 8.52. The highest BCUT2D eigenvalue weighted by Gasteiger charge is 2.28. The Bertz CT molecular complexity index is 1590. The van der Waals surface area contributed by atoms with Gasteiger partial charge in [-0.05, 0) is 57.7 Å². The van der Waals surface area contributed by atoms with Crippen molar-refractivity contribution in [3.63, 3.8) is 0 Å². The van der Waals surface area contributed by atoms with Crippen LogP contribution in [0.4, 0.5) is 0 Å². The van der Waals surface area contributed by atoms with Gasteiger partial charge in [0.05, 0.1) is 11.4 Å². The van der Waals surface area contributed by atoms with E-state index in [4.69, 9.17) is 0 Å². The molecule has 0 amide bonds. The van der Waals surface area contributed by atoms with Crippen LogP contribution >= 0.6 is 0 Å². The highest BCUT2D eigenvalue weighted by Crippen LogP contribution is 2.41. The Morgan fingerprint density at radius 1 is 0.778 bits per heavy atom. The zero-order chi connectivity index (χ0) is 24.9. The molecule has 6 rings (SSSR count). The van der Waals surface area contributed by atoms with Crippen molar-refractivity contribution >= 4 is 16.6 Å². The number of ketones is 1. The van der Waals surface area contributed by atoms with E-state index >= 15 is 0 Å². The molecule has 0 saturated carbocycles. The minimum atomic E-state index is 0.0484. The first-order valence-corrected chi connectivity index (χ1v) is 12.9. The number of carbonyl (C=O) groups is 1. The summed E-state index contributed by atoms with van der Waals surface area (Å²) >= 11 is 0. The van der Waals surface area contributed by atoms with Crippen molar-refractivity contribution in [2.75, 3.05) is 0 Å². The Morgan fingerprint density at radius 3 is 2.31 bits per heavy atom. The van der Waals surface area contributed by atoms with E-state index in [0.29, 0.717) is 5.69 Å². The van der Waals surface area contributed by atoms with E-state index in [1.807, 2.05) is 30.3 Å². The summed E-state index contributed by atoms with van der Waals surface area (Å²) in [5.41, 5.74) is 9.87. The van der Waals surface area contributed by atoms with Crippen LogP contribution in [0.25, 0.3) is 33.2 Å². The van der Waals surface area contributed by atoms with E-state index in [1.54, 1.807) is 0 Å². The molecule has 36 heavy (non-hydrogen) atoms. The number of hydrogen-bond acceptors (Lipinski definition) is 1. The van der Waals surface area contributed by atoms with E-state index in [9.17, 15) is 4.79 Å². The molecule has 4 aromatic carbocycles. The van der Waals surface area contributed by atoms with Gasteiger partial charge in [0, 0.05) is 16.7 Å². The van der Waals surface area contributed by atoms with Gasteiger partial charge in [-0.1, -0.05) is 112 Å². The fraction of sp³-hybridized carbons (Fsp3) is 0.206. The molecule has 2 nitrogen and oxygen atoms in total. The topological polar surface area (TPSA) is 32.9 Å². The summed E-state index contributed by atoms with van der Waals surface area (Å²) in [5, 5.41) is 2.07. The van der Waals surface area contributed by atoms with Crippen LogP contribution < -0.4 is 0 Å². The third-order valence-electron chi connectivity index (χ3n) is 7.56. The number of fused-ring (bicyclic) bond motifs is 4. The fourth-order valence-corrected chi connectivity index (χ4v) is 5.64. The minimum absolute atomic E-state index is 0.0484. The lowest BCUT2D eigenvalue weighted by Crippen LogP contribution is -2.10. The lowest BCUT2D eigenvalue weighted by molar-refractivity contribution is 0.103. The van der Waals surface area contributed by atoms with Crippen molar-refractivity contribution in [1.29, 1.82) is 0 Å². The molecule has 1 aliphatic rings. The van der Waals surface area contributed by atoms with Gasteiger partial charge >= 0.3 is 0 Å². The summed E-state index contributed by atoms with van der Waals surface area (Å²) in [7, 11) is 0. The second-order valence-electron chi connectivity index (χ2n) is 10.9. The van der Waals surface area contributed by atoms with Gasteiger partial charge in [-0.2, -0.15) is 0 Å². The first-order chi connectivity index (χ1) is 17.4. The number of aryl methyl sites for hydroxylation is 1. The number of hydrogen-bond donors (Lipinski definition) is 1. The standard InChI is InChI=1S/C34H31NO/c1-34(2,3)25-20-18-24(19-21-25)30-29-17-9-13-23-11-5-7-15-27(23)31(29)35-32(30)33(36)28-16-8-12-22-10-4-6-14-26(22)28/h4-8,10-12,14-16,18-21,35H,9,13,17H2,1-3H3. The zero-order valence-corrected chi connectivity index (χ0v) is 21.2. The molecule has 0 unspecified atom stereocenters. The Hall–Kier alpha value is -3.91. The molecule has 2 heteroatoms. The number of rotatable bonds is 3. The monoisotopic (exact) mass is 469 g/mol. The Morgan fingerprint density at radius 2 is 1.50 bits per heavy atom. The molecule has 0 spiro atoms. The molecule has 0 radical (unpaired) electrons. The third kappa shape index (κ3) is 3.78. The average Bonchev–Trinajstić information content (AvgIpc) is 3.17. The lowest BCUT2D eigenvalue weighted by atomic mass is 9.85. The number of aromatic amines is 1. The number of benzene rings is 4. The summed E-state index contributed by atoms with van der Waals surface area (Å²) in [4.78, 5) is 17.9. The van der Waals surface area contributed by atoms with Crippen molar-refractivity contribution in [2.24, 2.45) is 0 Å². The van der Waals surface area contributed by atoms with Gasteiger partial charge in [0.15, 0.2) is 0 Å². The van der Waals surface area contributed by atoms with Gasteiger partial charge in [0.25, 0.3) is 0 Å². The first-order valence-electron chi connectivity index (χ1n) is 12.9. The third-order valence-corrected chi connectivity index (χ3v) is 7.56. The van der Waals surface area contributed by atoms with E-state index in [2.05, 4.69) is 86.4 Å². The minimum Gasteiger partial charge on any atom is -0.351 e. The van der Waals surface area contributed by atoms with Crippen molar-refractivity contribution in [3.8, 4) is 22.4 Å². The molecule has 0 atom stereocenters. The van der Waals surface area contributed by atoms with E-state index in [0.717, 1.165) is 52.4 Å². The molecule has 1 heterocycles. The highest BCUT2D eigenvalue weighted by molar-refractivity contribution is 6.19.